The van der Waals surface area contributed by atoms with Crippen LogP contribution in [0.3, 0.4) is 0 Å². The molecule has 2 unspecified atom stereocenters. The zero-order valence-electron chi connectivity index (χ0n) is 13.7. The Balaban J connectivity index is 1.94. The third-order valence-corrected chi connectivity index (χ3v) is 4.88. The van der Waals surface area contributed by atoms with Crippen molar-refractivity contribution in [1.82, 2.24) is 0 Å². The summed E-state index contributed by atoms with van der Waals surface area (Å²) >= 11 is 0. The molecular formula is C19H31N. The van der Waals surface area contributed by atoms with E-state index < -0.39 is 0 Å². The maximum atomic E-state index is 3.78. The van der Waals surface area contributed by atoms with Crippen molar-refractivity contribution in [3.8, 4) is 0 Å². The van der Waals surface area contributed by atoms with Crippen LogP contribution < -0.4 is 5.32 Å². The van der Waals surface area contributed by atoms with Crippen LogP contribution in [0, 0.1) is 11.8 Å². The summed E-state index contributed by atoms with van der Waals surface area (Å²) in [5.74, 6) is 2.39. The Morgan fingerprint density at radius 3 is 2.50 bits per heavy atom. The minimum Gasteiger partial charge on any atom is -0.382 e. The maximum absolute atomic E-state index is 3.78. The average molecular weight is 273 g/mol. The lowest BCUT2D eigenvalue weighted by Gasteiger charge is -2.20. The first-order chi connectivity index (χ1) is 9.56. The highest BCUT2D eigenvalue weighted by molar-refractivity contribution is 5.47. The minimum absolute atomic E-state index is 0.608. The number of hydrogen-bond donors (Lipinski definition) is 1. The largest absolute Gasteiger partial charge is 0.382 e. The number of benzene rings is 1. The van der Waals surface area contributed by atoms with Gasteiger partial charge in [-0.2, -0.15) is 0 Å². The second-order valence-electron chi connectivity index (χ2n) is 7.13. The zero-order chi connectivity index (χ0) is 14.5. The van der Waals surface area contributed by atoms with Crippen LogP contribution in [-0.4, -0.2) is 6.04 Å². The predicted octanol–water partition coefficient (Wildman–Crippen LogP) is 5.83. The van der Waals surface area contributed by atoms with E-state index in [1.54, 1.807) is 0 Å². The quantitative estimate of drug-likeness (QED) is 0.681. The molecule has 0 saturated heterocycles. The van der Waals surface area contributed by atoms with Crippen molar-refractivity contribution in [2.75, 3.05) is 5.32 Å². The van der Waals surface area contributed by atoms with E-state index in [0.29, 0.717) is 12.0 Å². The molecule has 1 heteroatoms. The van der Waals surface area contributed by atoms with Gasteiger partial charge in [-0.25, -0.2) is 0 Å². The van der Waals surface area contributed by atoms with Crippen molar-refractivity contribution in [3.05, 3.63) is 29.8 Å². The first-order valence-electron chi connectivity index (χ1n) is 8.42. The van der Waals surface area contributed by atoms with Gasteiger partial charge >= 0.3 is 0 Å². The Morgan fingerprint density at radius 1 is 1.00 bits per heavy atom. The van der Waals surface area contributed by atoms with Crippen LogP contribution in [0.25, 0.3) is 0 Å². The first kappa shape index (κ1) is 15.4. The van der Waals surface area contributed by atoms with Gasteiger partial charge < -0.3 is 5.32 Å². The van der Waals surface area contributed by atoms with Gasteiger partial charge in [0, 0.05) is 11.7 Å². The standard InChI is InChI=1S/C19H31N/c1-14(2)16-7-5-9-18(12-11-16)20-19-10-6-8-17(13-19)15(3)4/h6,8,10,13-16,18,20H,5,7,9,11-12H2,1-4H3. The van der Waals surface area contributed by atoms with Gasteiger partial charge in [0.25, 0.3) is 0 Å². The van der Waals surface area contributed by atoms with E-state index in [0.717, 1.165) is 11.8 Å². The highest BCUT2D eigenvalue weighted by Gasteiger charge is 2.20. The SMILES string of the molecule is CC(C)c1cccc(NC2CCCC(C(C)C)CC2)c1. The molecule has 2 atom stereocenters. The van der Waals surface area contributed by atoms with E-state index in [2.05, 4.69) is 57.3 Å². The molecule has 1 fully saturated rings. The molecule has 1 saturated carbocycles. The summed E-state index contributed by atoms with van der Waals surface area (Å²) in [6.45, 7) is 9.28. The molecule has 1 aliphatic rings. The molecule has 0 aromatic heterocycles. The van der Waals surface area contributed by atoms with E-state index in [4.69, 9.17) is 0 Å². The monoisotopic (exact) mass is 273 g/mol. The van der Waals surface area contributed by atoms with Crippen LogP contribution in [-0.2, 0) is 0 Å². The molecule has 20 heavy (non-hydrogen) atoms. The average Bonchev–Trinajstić information content (AvgIpc) is 2.65. The molecule has 112 valence electrons. The van der Waals surface area contributed by atoms with Crippen LogP contribution >= 0.6 is 0 Å². The number of hydrogen-bond acceptors (Lipinski definition) is 1. The summed E-state index contributed by atoms with van der Waals surface area (Å²) in [6.07, 6.45) is 6.84. The Hall–Kier alpha value is -0.980. The fourth-order valence-electron chi connectivity index (χ4n) is 3.36. The van der Waals surface area contributed by atoms with Gasteiger partial charge in [0.15, 0.2) is 0 Å². The number of anilines is 1. The van der Waals surface area contributed by atoms with E-state index in [1.807, 2.05) is 0 Å². The summed E-state index contributed by atoms with van der Waals surface area (Å²) in [4.78, 5) is 0. The van der Waals surface area contributed by atoms with E-state index in [9.17, 15) is 0 Å². The summed E-state index contributed by atoms with van der Waals surface area (Å²) in [6, 6.07) is 9.64. The second-order valence-corrected chi connectivity index (χ2v) is 7.13. The molecule has 1 nitrogen and oxygen atoms in total. The van der Waals surface area contributed by atoms with Gasteiger partial charge in [-0.1, -0.05) is 52.7 Å². The molecule has 1 N–H and O–H groups in total. The lowest BCUT2D eigenvalue weighted by Crippen LogP contribution is -2.18. The summed E-state index contributed by atoms with van der Waals surface area (Å²) in [7, 11) is 0. The lowest BCUT2D eigenvalue weighted by atomic mass is 9.89. The molecule has 0 bridgehead atoms. The number of rotatable bonds is 4. The van der Waals surface area contributed by atoms with Crippen molar-refractivity contribution in [2.45, 2.75) is 71.8 Å². The van der Waals surface area contributed by atoms with E-state index >= 15 is 0 Å². The van der Waals surface area contributed by atoms with Gasteiger partial charge in [0.1, 0.15) is 0 Å². The van der Waals surface area contributed by atoms with Crippen molar-refractivity contribution < 1.29 is 0 Å². The molecule has 2 rings (SSSR count). The molecule has 0 spiro atoms. The maximum Gasteiger partial charge on any atom is 0.0345 e. The van der Waals surface area contributed by atoms with E-state index in [1.165, 1.54) is 43.4 Å². The molecule has 1 aromatic carbocycles. The smallest absolute Gasteiger partial charge is 0.0345 e. The Morgan fingerprint density at radius 2 is 1.80 bits per heavy atom. The minimum atomic E-state index is 0.608. The number of nitrogens with one attached hydrogen (secondary N) is 1. The first-order valence-corrected chi connectivity index (χ1v) is 8.42. The highest BCUT2D eigenvalue weighted by Crippen LogP contribution is 2.30. The molecule has 0 amide bonds. The topological polar surface area (TPSA) is 12.0 Å². The zero-order valence-corrected chi connectivity index (χ0v) is 13.7. The van der Waals surface area contributed by atoms with Crippen LogP contribution in [0.5, 0.6) is 0 Å². The summed E-state index contributed by atoms with van der Waals surface area (Å²) in [5, 5.41) is 3.78. The molecule has 1 aliphatic carbocycles. The van der Waals surface area contributed by atoms with Gasteiger partial charge in [0.05, 0.1) is 0 Å². The van der Waals surface area contributed by atoms with Gasteiger partial charge in [-0.05, 0) is 54.7 Å². The summed E-state index contributed by atoms with van der Waals surface area (Å²) in [5.41, 5.74) is 2.74. The molecule has 0 aliphatic heterocycles. The summed E-state index contributed by atoms with van der Waals surface area (Å²) < 4.78 is 0. The molecule has 0 heterocycles. The van der Waals surface area contributed by atoms with Gasteiger partial charge in [0.2, 0.25) is 0 Å². The third kappa shape index (κ3) is 4.26. The normalized spacial score (nSPS) is 23.9. The van der Waals surface area contributed by atoms with Crippen LogP contribution in [0.15, 0.2) is 24.3 Å². The van der Waals surface area contributed by atoms with Gasteiger partial charge in [-0.3, -0.25) is 0 Å². The fourth-order valence-corrected chi connectivity index (χ4v) is 3.36. The van der Waals surface area contributed by atoms with Crippen LogP contribution in [0.2, 0.25) is 0 Å². The van der Waals surface area contributed by atoms with Crippen LogP contribution in [0.4, 0.5) is 5.69 Å². The van der Waals surface area contributed by atoms with Crippen molar-refractivity contribution >= 4 is 5.69 Å². The molecule has 1 aromatic rings. The van der Waals surface area contributed by atoms with Crippen molar-refractivity contribution in [2.24, 2.45) is 11.8 Å². The van der Waals surface area contributed by atoms with Crippen molar-refractivity contribution in [3.63, 3.8) is 0 Å². The third-order valence-electron chi connectivity index (χ3n) is 4.88. The van der Waals surface area contributed by atoms with Crippen molar-refractivity contribution in [1.29, 1.82) is 0 Å². The Labute approximate surface area is 125 Å². The van der Waals surface area contributed by atoms with Gasteiger partial charge in [-0.15, -0.1) is 0 Å². The Bertz CT molecular complexity index is 408. The second kappa shape index (κ2) is 7.15. The van der Waals surface area contributed by atoms with E-state index in [-0.39, 0.29) is 0 Å². The highest BCUT2D eigenvalue weighted by atomic mass is 14.9. The fraction of sp³-hybridized carbons (Fsp3) is 0.684. The Kier molecular flexibility index (Phi) is 5.51. The lowest BCUT2D eigenvalue weighted by molar-refractivity contribution is 0.341. The molecule has 0 radical (unpaired) electrons. The predicted molar refractivity (Wildman–Crippen MR) is 89.4 cm³/mol. The molecular weight excluding hydrogens is 242 g/mol. The van der Waals surface area contributed by atoms with Crippen LogP contribution in [0.1, 0.15) is 71.3 Å².